The smallest absolute Gasteiger partial charge is 0.316 e. The molecule has 0 aromatic carbocycles. The van der Waals surface area contributed by atoms with Crippen molar-refractivity contribution in [2.45, 2.75) is 98.8 Å². The van der Waals surface area contributed by atoms with Gasteiger partial charge in [-0.05, 0) is 84.9 Å². The molecule has 32 heavy (non-hydrogen) atoms. The second kappa shape index (κ2) is 8.91. The third-order valence-electron chi connectivity index (χ3n) is 10.7. The van der Waals surface area contributed by atoms with Gasteiger partial charge in [-0.2, -0.15) is 0 Å². The zero-order chi connectivity index (χ0) is 23.3. The van der Waals surface area contributed by atoms with Gasteiger partial charge in [-0.25, -0.2) is 0 Å². The summed E-state index contributed by atoms with van der Waals surface area (Å²) in [5, 5.41) is 0. The summed E-state index contributed by atoms with van der Waals surface area (Å²) in [7, 11) is 1.43. The molecule has 0 spiro atoms. The van der Waals surface area contributed by atoms with Gasteiger partial charge in [0.1, 0.15) is 11.7 Å². The Balaban J connectivity index is 1.56. The maximum absolute atomic E-state index is 12.7. The molecule has 0 heterocycles. The van der Waals surface area contributed by atoms with Crippen molar-refractivity contribution in [1.29, 1.82) is 0 Å². The third-order valence-corrected chi connectivity index (χ3v) is 10.7. The van der Waals surface area contributed by atoms with Crippen molar-refractivity contribution < 1.29 is 14.3 Å². The van der Waals surface area contributed by atoms with E-state index >= 15 is 0 Å². The monoisotopic (exact) mass is 442 g/mol. The van der Waals surface area contributed by atoms with Crippen LogP contribution < -0.4 is 0 Å². The molecule has 4 aliphatic carbocycles. The Hall–Kier alpha value is -1.12. The van der Waals surface area contributed by atoms with Crippen molar-refractivity contribution in [3.05, 3.63) is 11.6 Å². The van der Waals surface area contributed by atoms with Crippen molar-refractivity contribution >= 4 is 11.8 Å². The van der Waals surface area contributed by atoms with E-state index in [0.29, 0.717) is 23.7 Å². The van der Waals surface area contributed by atoms with Crippen LogP contribution in [0.15, 0.2) is 11.6 Å². The number of esters is 1. The lowest BCUT2D eigenvalue weighted by molar-refractivity contribution is -0.160. The van der Waals surface area contributed by atoms with E-state index in [9.17, 15) is 9.59 Å². The topological polar surface area (TPSA) is 43.4 Å². The van der Waals surface area contributed by atoms with Gasteiger partial charge in [0.25, 0.3) is 0 Å². The number of hydrogen-bond donors (Lipinski definition) is 0. The largest absolute Gasteiger partial charge is 0.468 e. The zero-order valence-corrected chi connectivity index (χ0v) is 21.4. The van der Waals surface area contributed by atoms with Gasteiger partial charge in [0.15, 0.2) is 0 Å². The van der Waals surface area contributed by atoms with Crippen LogP contribution in [0.4, 0.5) is 0 Å². The SMILES string of the molecule is COC(=O)[C@@H]1C(=O)CC[C@@]2(C)[C@@H]1CC=C1[C@@H]2CC[C@]2(C)[C@@H]([C@H](C)CCCC(C)C)CC[C@@H]12. The first-order valence-corrected chi connectivity index (χ1v) is 13.4. The Kier molecular flexibility index (Phi) is 6.69. The summed E-state index contributed by atoms with van der Waals surface area (Å²) in [5.74, 6) is 3.05. The number of carbonyl (C=O) groups is 2. The average Bonchev–Trinajstić information content (AvgIpc) is 3.10. The van der Waals surface area contributed by atoms with E-state index < -0.39 is 5.92 Å². The predicted octanol–water partition coefficient (Wildman–Crippen LogP) is 7.00. The number of rotatable bonds is 6. The molecule has 0 radical (unpaired) electrons. The number of ketones is 1. The quantitative estimate of drug-likeness (QED) is 0.253. The molecule has 8 atom stereocenters. The van der Waals surface area contributed by atoms with Crippen LogP contribution >= 0.6 is 0 Å². The molecule has 180 valence electrons. The fourth-order valence-corrected chi connectivity index (χ4v) is 8.88. The number of methoxy groups -OCH3 is 1. The fourth-order valence-electron chi connectivity index (χ4n) is 8.88. The number of carbonyl (C=O) groups excluding carboxylic acids is 2. The van der Waals surface area contributed by atoms with Crippen LogP contribution in [0.25, 0.3) is 0 Å². The first-order chi connectivity index (χ1) is 15.1. The molecule has 0 aromatic rings. The van der Waals surface area contributed by atoms with E-state index in [0.717, 1.165) is 30.6 Å². The second-order valence-corrected chi connectivity index (χ2v) is 12.7. The highest BCUT2D eigenvalue weighted by atomic mass is 16.5. The van der Waals surface area contributed by atoms with Crippen LogP contribution in [0.3, 0.4) is 0 Å². The molecule has 3 fully saturated rings. The van der Waals surface area contributed by atoms with Crippen molar-refractivity contribution in [2.24, 2.45) is 52.3 Å². The highest BCUT2D eigenvalue weighted by molar-refractivity contribution is 6.00. The second-order valence-electron chi connectivity index (χ2n) is 12.7. The van der Waals surface area contributed by atoms with Crippen LogP contribution in [-0.4, -0.2) is 18.9 Å². The Morgan fingerprint density at radius 1 is 1.06 bits per heavy atom. The van der Waals surface area contributed by atoms with Crippen LogP contribution in [0, 0.1) is 52.3 Å². The molecule has 3 nitrogen and oxygen atoms in total. The summed E-state index contributed by atoms with van der Waals surface area (Å²) in [6.07, 6.45) is 14.1. The maximum Gasteiger partial charge on any atom is 0.316 e. The van der Waals surface area contributed by atoms with Crippen LogP contribution in [0.5, 0.6) is 0 Å². The van der Waals surface area contributed by atoms with Crippen LogP contribution in [0.1, 0.15) is 98.8 Å². The van der Waals surface area contributed by atoms with E-state index in [1.54, 1.807) is 5.57 Å². The maximum atomic E-state index is 12.7. The van der Waals surface area contributed by atoms with Gasteiger partial charge < -0.3 is 4.74 Å². The normalized spacial score (nSPS) is 42.0. The molecule has 3 heteroatoms. The number of allylic oxidation sites excluding steroid dienone is 2. The molecule has 0 aromatic heterocycles. The Labute approximate surface area is 196 Å². The van der Waals surface area contributed by atoms with Crippen molar-refractivity contribution in [3.8, 4) is 0 Å². The molecule has 4 rings (SSSR count). The summed E-state index contributed by atoms with van der Waals surface area (Å²) in [6, 6.07) is 0. The number of fused-ring (bicyclic) bond motifs is 5. The van der Waals surface area contributed by atoms with E-state index in [-0.39, 0.29) is 23.1 Å². The van der Waals surface area contributed by atoms with Gasteiger partial charge in [-0.1, -0.05) is 65.5 Å². The van der Waals surface area contributed by atoms with E-state index in [2.05, 4.69) is 40.7 Å². The molecule has 0 amide bonds. The summed E-state index contributed by atoms with van der Waals surface area (Å²) in [6.45, 7) is 12.2. The minimum absolute atomic E-state index is 0.0547. The van der Waals surface area contributed by atoms with Gasteiger partial charge >= 0.3 is 5.97 Å². The lowest BCUT2D eigenvalue weighted by Gasteiger charge is -2.58. The van der Waals surface area contributed by atoms with Crippen molar-refractivity contribution in [1.82, 2.24) is 0 Å². The molecule has 0 saturated heterocycles. The first kappa shape index (κ1) is 24.0. The highest BCUT2D eigenvalue weighted by Crippen LogP contribution is 2.67. The third kappa shape index (κ3) is 3.80. The lowest BCUT2D eigenvalue weighted by atomic mass is 9.46. The van der Waals surface area contributed by atoms with Crippen LogP contribution in [-0.2, 0) is 14.3 Å². The number of ether oxygens (including phenoxy) is 1. The first-order valence-electron chi connectivity index (χ1n) is 13.4. The lowest BCUT2D eigenvalue weighted by Crippen LogP contribution is -2.54. The van der Waals surface area contributed by atoms with Gasteiger partial charge in [0.2, 0.25) is 0 Å². The summed E-state index contributed by atoms with van der Waals surface area (Å²) < 4.78 is 5.08. The van der Waals surface area contributed by atoms with Crippen molar-refractivity contribution in [3.63, 3.8) is 0 Å². The molecular formula is C29H46O3. The Morgan fingerprint density at radius 2 is 1.78 bits per heavy atom. The summed E-state index contributed by atoms with van der Waals surface area (Å²) in [4.78, 5) is 25.3. The van der Waals surface area contributed by atoms with Gasteiger partial charge in [-0.15, -0.1) is 0 Å². The summed E-state index contributed by atoms with van der Waals surface area (Å²) in [5.41, 5.74) is 2.18. The van der Waals surface area contributed by atoms with Gasteiger partial charge in [0.05, 0.1) is 7.11 Å². The summed E-state index contributed by atoms with van der Waals surface area (Å²) >= 11 is 0. The Morgan fingerprint density at radius 3 is 2.47 bits per heavy atom. The standard InChI is InChI=1S/C29H46O3/c1-18(2)8-7-9-19(3)21-12-13-22-20-10-11-24-26(27(31)32-6)25(30)15-17-29(24,5)23(20)14-16-28(21,22)4/h10,18-19,21-24,26H,7-9,11-17H2,1-6H3/t19-,21-,22+,23+,24-,26+,28-,29-/m1/s1. The number of Topliss-reactive ketones (excluding diaryl/α,β-unsaturated/α-hetero) is 1. The molecule has 4 aliphatic rings. The van der Waals surface area contributed by atoms with Gasteiger partial charge in [0, 0.05) is 6.42 Å². The molecule has 0 unspecified atom stereocenters. The average molecular weight is 443 g/mol. The van der Waals surface area contributed by atoms with Crippen LogP contribution in [0.2, 0.25) is 0 Å². The molecule has 0 aliphatic heterocycles. The molecular weight excluding hydrogens is 396 g/mol. The zero-order valence-electron chi connectivity index (χ0n) is 21.4. The molecule has 3 saturated carbocycles. The van der Waals surface area contributed by atoms with E-state index in [1.165, 1.54) is 52.1 Å². The minimum Gasteiger partial charge on any atom is -0.468 e. The highest BCUT2D eigenvalue weighted by Gasteiger charge is 2.60. The molecule has 0 N–H and O–H groups in total. The Bertz CT molecular complexity index is 758. The fraction of sp³-hybridized carbons (Fsp3) is 0.862. The van der Waals surface area contributed by atoms with E-state index in [1.807, 2.05) is 0 Å². The number of hydrogen-bond acceptors (Lipinski definition) is 3. The predicted molar refractivity (Wildman–Crippen MR) is 129 cm³/mol. The van der Waals surface area contributed by atoms with E-state index in [4.69, 9.17) is 4.74 Å². The molecule has 0 bridgehead atoms. The van der Waals surface area contributed by atoms with Gasteiger partial charge in [-0.3, -0.25) is 9.59 Å². The van der Waals surface area contributed by atoms with Crippen molar-refractivity contribution in [2.75, 3.05) is 7.11 Å². The minimum atomic E-state index is -0.554.